The van der Waals surface area contributed by atoms with Gasteiger partial charge in [-0.2, -0.15) is 0 Å². The van der Waals surface area contributed by atoms with Crippen molar-refractivity contribution in [2.45, 2.75) is 32.2 Å². The Balaban J connectivity index is 2.95. The van der Waals surface area contributed by atoms with Gasteiger partial charge in [-0.15, -0.1) is 0 Å². The van der Waals surface area contributed by atoms with Gasteiger partial charge in [-0.25, -0.2) is 0 Å². The van der Waals surface area contributed by atoms with Crippen LogP contribution in [0.1, 0.15) is 26.7 Å². The molecule has 1 rings (SSSR count). The predicted molar refractivity (Wildman–Crippen MR) is 61.2 cm³/mol. The number of allylic oxidation sites excluding steroid dienone is 2. The van der Waals surface area contributed by atoms with E-state index in [2.05, 4.69) is 13.8 Å². The van der Waals surface area contributed by atoms with Crippen LogP contribution in [0.5, 0.6) is 0 Å². The molecule has 2 atom stereocenters. The summed E-state index contributed by atoms with van der Waals surface area (Å²) >= 11 is 0. The Hall–Kier alpha value is -0.575. The Bertz CT molecular complexity index is 273. The summed E-state index contributed by atoms with van der Waals surface area (Å²) in [5, 5.41) is 18.7. The monoisotopic (exact) mass is 210 g/mol. The van der Waals surface area contributed by atoms with Crippen molar-refractivity contribution in [3.8, 4) is 0 Å². The summed E-state index contributed by atoms with van der Waals surface area (Å²) in [6.07, 6.45) is 7.34. The van der Waals surface area contributed by atoms with Crippen molar-refractivity contribution in [3.05, 3.63) is 23.8 Å². The Morgan fingerprint density at radius 3 is 2.73 bits per heavy atom. The minimum atomic E-state index is -1.48. The second-order valence-electron chi connectivity index (χ2n) is 4.09. The van der Waals surface area contributed by atoms with Crippen molar-refractivity contribution >= 4 is 7.12 Å². The largest absolute Gasteiger partial charge is 0.490 e. The SMILES string of the molecule is CCC(C)C1=CC(OC)(B(O)O)CC=C1. The zero-order valence-electron chi connectivity index (χ0n) is 9.60. The van der Waals surface area contributed by atoms with E-state index < -0.39 is 12.6 Å². The van der Waals surface area contributed by atoms with Crippen molar-refractivity contribution in [2.75, 3.05) is 7.11 Å². The highest BCUT2D eigenvalue weighted by molar-refractivity contribution is 6.46. The molecule has 0 radical (unpaired) electrons. The molecular formula is C11H19BO3. The third kappa shape index (κ3) is 2.51. The van der Waals surface area contributed by atoms with Crippen molar-refractivity contribution in [3.63, 3.8) is 0 Å². The van der Waals surface area contributed by atoms with Crippen molar-refractivity contribution < 1.29 is 14.8 Å². The average Bonchev–Trinajstić information content (AvgIpc) is 2.27. The van der Waals surface area contributed by atoms with Crippen LogP contribution < -0.4 is 0 Å². The first-order chi connectivity index (χ1) is 7.05. The fraction of sp³-hybridized carbons (Fsp3) is 0.636. The minimum absolute atomic E-state index is 0.412. The standard InChI is InChI=1S/C11H19BO3/c1-4-9(2)10-6-5-7-11(8-10,15-3)12(13)14/h5-6,8-9,13-14H,4,7H2,1-3H3. The first-order valence-electron chi connectivity index (χ1n) is 5.36. The molecule has 4 heteroatoms. The van der Waals surface area contributed by atoms with Crippen LogP contribution in [0.25, 0.3) is 0 Å². The molecule has 0 heterocycles. The van der Waals surface area contributed by atoms with Crippen LogP contribution in [0.15, 0.2) is 23.8 Å². The van der Waals surface area contributed by atoms with Crippen LogP contribution >= 0.6 is 0 Å². The summed E-state index contributed by atoms with van der Waals surface area (Å²) in [5.74, 6) is 0.412. The van der Waals surface area contributed by atoms with Gasteiger partial charge in [0, 0.05) is 7.11 Å². The Morgan fingerprint density at radius 1 is 1.60 bits per heavy atom. The molecule has 0 aromatic heterocycles. The van der Waals surface area contributed by atoms with E-state index in [-0.39, 0.29) is 0 Å². The number of hydrogen-bond acceptors (Lipinski definition) is 3. The maximum Gasteiger partial charge on any atom is 0.490 e. The topological polar surface area (TPSA) is 49.7 Å². The first kappa shape index (κ1) is 12.5. The van der Waals surface area contributed by atoms with Crippen LogP contribution in [0.2, 0.25) is 0 Å². The minimum Gasteiger partial charge on any atom is -0.425 e. The van der Waals surface area contributed by atoms with Crippen LogP contribution in [0, 0.1) is 5.92 Å². The molecule has 0 aliphatic heterocycles. The van der Waals surface area contributed by atoms with Crippen molar-refractivity contribution in [1.82, 2.24) is 0 Å². The molecule has 0 spiro atoms. The Morgan fingerprint density at radius 2 is 2.27 bits per heavy atom. The molecule has 2 unspecified atom stereocenters. The maximum atomic E-state index is 9.35. The molecule has 0 fully saturated rings. The van der Waals surface area contributed by atoms with Gasteiger partial charge in [0.2, 0.25) is 0 Å². The molecule has 0 amide bonds. The third-order valence-electron chi connectivity index (χ3n) is 3.16. The van der Waals surface area contributed by atoms with Gasteiger partial charge in [-0.3, -0.25) is 0 Å². The lowest BCUT2D eigenvalue weighted by atomic mass is 9.63. The van der Waals surface area contributed by atoms with Gasteiger partial charge in [0.25, 0.3) is 0 Å². The highest BCUT2D eigenvalue weighted by atomic mass is 16.5. The van der Waals surface area contributed by atoms with Crippen LogP contribution in [-0.2, 0) is 4.74 Å². The molecular weight excluding hydrogens is 191 g/mol. The zero-order chi connectivity index (χ0) is 11.5. The molecule has 3 nitrogen and oxygen atoms in total. The van der Waals surface area contributed by atoms with Gasteiger partial charge in [-0.05, 0) is 24.3 Å². The predicted octanol–water partition coefficient (Wildman–Crippen LogP) is 1.32. The number of hydrogen-bond donors (Lipinski definition) is 2. The second kappa shape index (κ2) is 4.97. The van der Waals surface area contributed by atoms with E-state index in [0.717, 1.165) is 12.0 Å². The van der Waals surface area contributed by atoms with E-state index in [4.69, 9.17) is 4.74 Å². The molecule has 1 aliphatic rings. The van der Waals surface area contributed by atoms with Crippen molar-refractivity contribution in [2.24, 2.45) is 5.92 Å². The molecule has 84 valence electrons. The van der Waals surface area contributed by atoms with Crippen LogP contribution in [0.4, 0.5) is 0 Å². The molecule has 0 saturated carbocycles. The van der Waals surface area contributed by atoms with Gasteiger partial charge in [-0.1, -0.05) is 32.1 Å². The normalized spacial score (nSPS) is 27.4. The van der Waals surface area contributed by atoms with Gasteiger partial charge in [0.1, 0.15) is 5.50 Å². The summed E-state index contributed by atoms with van der Waals surface area (Å²) in [6.45, 7) is 4.23. The summed E-state index contributed by atoms with van der Waals surface area (Å²) in [7, 11) is 0.0232. The fourth-order valence-electron chi connectivity index (χ4n) is 1.74. The zero-order valence-corrected chi connectivity index (χ0v) is 9.60. The Kier molecular flexibility index (Phi) is 4.14. The number of ether oxygens (including phenoxy) is 1. The molecule has 1 aliphatic carbocycles. The quantitative estimate of drug-likeness (QED) is 0.688. The van der Waals surface area contributed by atoms with Gasteiger partial charge < -0.3 is 14.8 Å². The van der Waals surface area contributed by atoms with Gasteiger partial charge in [0.05, 0.1) is 0 Å². The maximum absolute atomic E-state index is 9.35. The highest BCUT2D eigenvalue weighted by Crippen LogP contribution is 2.30. The summed E-state index contributed by atoms with van der Waals surface area (Å²) in [4.78, 5) is 0. The van der Waals surface area contributed by atoms with E-state index in [1.165, 1.54) is 7.11 Å². The molecule has 0 saturated heterocycles. The smallest absolute Gasteiger partial charge is 0.425 e. The van der Waals surface area contributed by atoms with E-state index in [0.29, 0.717) is 12.3 Å². The summed E-state index contributed by atoms with van der Waals surface area (Å²) < 4.78 is 5.24. The Labute approximate surface area is 91.6 Å². The second-order valence-corrected chi connectivity index (χ2v) is 4.09. The lowest BCUT2D eigenvalue weighted by molar-refractivity contribution is 0.0686. The summed E-state index contributed by atoms with van der Waals surface area (Å²) in [5.41, 5.74) is 0.145. The van der Waals surface area contributed by atoms with Crippen LogP contribution in [-0.4, -0.2) is 29.8 Å². The molecule has 0 aromatic rings. The lowest BCUT2D eigenvalue weighted by Gasteiger charge is -2.31. The summed E-state index contributed by atoms with van der Waals surface area (Å²) in [6, 6.07) is 0. The van der Waals surface area contributed by atoms with E-state index >= 15 is 0 Å². The highest BCUT2D eigenvalue weighted by Gasteiger charge is 2.41. The average molecular weight is 210 g/mol. The third-order valence-corrected chi connectivity index (χ3v) is 3.16. The first-order valence-corrected chi connectivity index (χ1v) is 5.36. The number of methoxy groups -OCH3 is 1. The molecule has 0 aromatic carbocycles. The van der Waals surface area contributed by atoms with Crippen LogP contribution in [0.3, 0.4) is 0 Å². The molecule has 2 N–H and O–H groups in total. The van der Waals surface area contributed by atoms with E-state index in [1.54, 1.807) is 0 Å². The molecule has 15 heavy (non-hydrogen) atoms. The lowest BCUT2D eigenvalue weighted by Crippen LogP contribution is -2.47. The van der Waals surface area contributed by atoms with E-state index in [1.807, 2.05) is 18.2 Å². The van der Waals surface area contributed by atoms with Crippen molar-refractivity contribution in [1.29, 1.82) is 0 Å². The van der Waals surface area contributed by atoms with E-state index in [9.17, 15) is 10.0 Å². The van der Waals surface area contributed by atoms with Gasteiger partial charge in [0.15, 0.2) is 0 Å². The number of rotatable bonds is 4. The van der Waals surface area contributed by atoms with Gasteiger partial charge >= 0.3 is 7.12 Å². The fourth-order valence-corrected chi connectivity index (χ4v) is 1.74. The molecule has 0 bridgehead atoms.